The van der Waals surface area contributed by atoms with Gasteiger partial charge >= 0.3 is 5.97 Å². The molecule has 2 N–H and O–H groups in total. The Kier molecular flexibility index (Phi) is 20.1. The molecule has 1 aromatic heterocycles. The predicted molar refractivity (Wildman–Crippen MR) is 278 cm³/mol. The Morgan fingerprint density at radius 3 is 1.82 bits per heavy atom. The zero-order valence-corrected chi connectivity index (χ0v) is 43.5. The van der Waals surface area contributed by atoms with Crippen LogP contribution in [0.3, 0.4) is 0 Å². The molecule has 4 aliphatic heterocycles. The number of fused-ring (bicyclic) bond motifs is 4. The molecule has 3 aromatic rings. The Morgan fingerprint density at radius 2 is 1.28 bits per heavy atom. The van der Waals surface area contributed by atoms with Gasteiger partial charge in [0.05, 0.1) is 130 Å². The lowest BCUT2D eigenvalue weighted by molar-refractivity contribution is -0.142. The maximum Gasteiger partial charge on any atom is 0.307 e. The Labute approximate surface area is 435 Å². The number of ether oxygens (including phenoxy) is 7. The second-order valence-electron chi connectivity index (χ2n) is 18.4. The van der Waals surface area contributed by atoms with Crippen molar-refractivity contribution < 1.29 is 62.2 Å². The number of pyridine rings is 1. The number of hydrogen-bond donors (Lipinski definition) is 2. The van der Waals surface area contributed by atoms with E-state index >= 15 is 0 Å². The number of nitrogens with one attached hydrogen (secondary N) is 1. The first kappa shape index (κ1) is 55.5. The van der Waals surface area contributed by atoms with Gasteiger partial charge in [-0.3, -0.25) is 38.9 Å². The Morgan fingerprint density at radius 1 is 0.757 bits per heavy atom. The monoisotopic (exact) mass is 1040 g/mol. The molecule has 0 spiro atoms. The molecule has 2 aromatic carbocycles. The molecule has 0 radical (unpaired) electrons. The first-order valence-corrected chi connectivity index (χ1v) is 25.8. The minimum Gasteiger partial charge on any atom is -0.487 e. The molecule has 0 unspecified atom stereocenters. The molecular weight excluding hydrogens is 973 g/mol. The van der Waals surface area contributed by atoms with Gasteiger partial charge in [0.25, 0.3) is 11.8 Å². The van der Waals surface area contributed by atoms with Crippen LogP contribution in [0.4, 0.5) is 11.4 Å². The van der Waals surface area contributed by atoms with Crippen LogP contribution in [0.25, 0.3) is 0 Å². The van der Waals surface area contributed by atoms with E-state index < -0.39 is 4.75 Å². The molecule has 2 fully saturated rings. The average molecular weight is 1040 g/mol. The van der Waals surface area contributed by atoms with E-state index in [1.165, 1.54) is 24.9 Å². The topological polar surface area (TPSA) is 226 Å². The number of esters is 1. The fraction of sp³-hybridized carbons (Fsp3) is 0.481. The first-order valence-electron chi connectivity index (χ1n) is 24.8. The highest BCUT2D eigenvalue weighted by molar-refractivity contribution is 8.00. The lowest BCUT2D eigenvalue weighted by atomic mass is 10.0. The van der Waals surface area contributed by atoms with Crippen molar-refractivity contribution in [3.05, 3.63) is 98.9 Å². The molecule has 0 aliphatic carbocycles. The number of aldehydes is 1. The van der Waals surface area contributed by atoms with E-state index in [0.717, 1.165) is 16.7 Å². The summed E-state index contributed by atoms with van der Waals surface area (Å²) in [6.45, 7) is 11.6. The summed E-state index contributed by atoms with van der Waals surface area (Å²) in [5.74, 6) is -0.141. The number of carbonyl (C=O) groups is 5. The average Bonchev–Trinajstić information content (AvgIpc) is 3.98. The Hall–Kier alpha value is -6.29. The number of aliphatic hydroxyl groups is 1. The molecule has 0 bridgehead atoms. The van der Waals surface area contributed by atoms with Gasteiger partial charge in [0.15, 0.2) is 6.29 Å². The van der Waals surface area contributed by atoms with Gasteiger partial charge < -0.3 is 53.4 Å². The Bertz CT molecular complexity index is 2650. The standard InChI is InChI=1S/C54H66N6O13S/c1-6-35-18-42-26-56-46-24-48(37(30-61)20-44(46)52(65)59(42)28-35)72-32-40-22-39(54(3,4)74-34-50(63)55-9-11-69-13-15-71-17-16-70-14-12-68-10-8-51(64)67-5)23-41(58-40)33-73-49-25-47-45(21-38(49)31-62)53(66)60-29-36(7-2)19-43(60)27-57-47/h6-7,20-27,30,42-43,62H,8-19,28-29,31-34H2,1-5H3,(H,55,63)/b35-6+,36-7+/t42-,43-/m0/s1. The number of thioether (sulfide) groups is 1. The molecule has 20 heteroatoms. The van der Waals surface area contributed by atoms with E-state index in [1.54, 1.807) is 40.4 Å². The van der Waals surface area contributed by atoms with Crippen LogP contribution < -0.4 is 14.8 Å². The summed E-state index contributed by atoms with van der Waals surface area (Å²) < 4.78 is 38.5. The number of aliphatic hydroxyl groups excluding tert-OH is 1. The third-order valence-corrected chi connectivity index (χ3v) is 14.3. The van der Waals surface area contributed by atoms with Gasteiger partial charge in [-0.15, -0.1) is 11.8 Å². The number of rotatable bonds is 27. The van der Waals surface area contributed by atoms with Crippen LogP contribution in [0.5, 0.6) is 11.5 Å². The van der Waals surface area contributed by atoms with Gasteiger partial charge in [-0.2, -0.15) is 0 Å². The molecule has 2 atom stereocenters. The Balaban J connectivity index is 0.983. The summed E-state index contributed by atoms with van der Waals surface area (Å²) in [6, 6.07) is 9.88. The van der Waals surface area contributed by atoms with Crippen molar-refractivity contribution in [3.8, 4) is 11.5 Å². The van der Waals surface area contributed by atoms with Crippen molar-refractivity contribution in [2.45, 2.75) is 83.6 Å². The highest BCUT2D eigenvalue weighted by atomic mass is 32.2. The zero-order valence-electron chi connectivity index (χ0n) is 42.7. The van der Waals surface area contributed by atoms with Gasteiger partial charge in [0.2, 0.25) is 5.91 Å². The van der Waals surface area contributed by atoms with Gasteiger partial charge in [-0.25, -0.2) is 0 Å². The molecule has 19 nitrogen and oxygen atoms in total. The lowest BCUT2D eigenvalue weighted by Gasteiger charge is -2.26. The summed E-state index contributed by atoms with van der Waals surface area (Å²) in [5.41, 5.74) is 6.30. The van der Waals surface area contributed by atoms with Crippen LogP contribution in [0.15, 0.2) is 69.7 Å². The molecule has 2 saturated heterocycles. The SMILES string of the molecule is C/C=C1\C[C@H]2C=Nc3cc(OCc4cc(C(C)(C)SCC(=O)NCCOCCOCCOCCOCCC(=O)OC)cc(COc5cc6c(cc5CO)C(=O)N5C/C(=C/C)C[C@H]5C=N6)n4)c(C=O)cc3C(=O)N2C1. The number of methoxy groups -OCH3 is 1. The highest BCUT2D eigenvalue weighted by Crippen LogP contribution is 2.39. The number of aliphatic imine (C=N–C) groups is 2. The van der Waals surface area contributed by atoms with Crippen LogP contribution in [0.2, 0.25) is 0 Å². The number of benzene rings is 2. The molecular formula is C54H66N6O13S. The van der Waals surface area contributed by atoms with Crippen molar-refractivity contribution >= 4 is 65.5 Å². The van der Waals surface area contributed by atoms with E-state index in [9.17, 15) is 29.1 Å². The fourth-order valence-corrected chi connectivity index (χ4v) is 9.55. The van der Waals surface area contributed by atoms with Crippen molar-refractivity contribution in [2.75, 3.05) is 85.4 Å². The van der Waals surface area contributed by atoms with Crippen LogP contribution in [0.1, 0.15) is 101 Å². The molecule has 396 valence electrons. The van der Waals surface area contributed by atoms with E-state index in [4.69, 9.17) is 38.4 Å². The summed E-state index contributed by atoms with van der Waals surface area (Å²) in [7, 11) is 1.33. The summed E-state index contributed by atoms with van der Waals surface area (Å²) in [5, 5.41) is 13.4. The van der Waals surface area contributed by atoms with E-state index in [0.29, 0.717) is 130 Å². The van der Waals surface area contributed by atoms with Crippen LogP contribution in [0, 0.1) is 0 Å². The maximum absolute atomic E-state index is 13.7. The van der Waals surface area contributed by atoms with Crippen molar-refractivity contribution in [1.29, 1.82) is 0 Å². The minimum absolute atomic E-state index is 0.0398. The minimum atomic E-state index is -0.637. The molecule has 5 heterocycles. The normalized spacial score (nSPS) is 18.0. The van der Waals surface area contributed by atoms with Gasteiger partial charge in [0.1, 0.15) is 24.7 Å². The number of hydrogen-bond acceptors (Lipinski definition) is 17. The maximum atomic E-state index is 13.7. The first-order chi connectivity index (χ1) is 35.8. The quantitative estimate of drug-likeness (QED) is 0.0386. The van der Waals surface area contributed by atoms with E-state index in [-0.39, 0.29) is 85.7 Å². The third-order valence-electron chi connectivity index (χ3n) is 13.0. The van der Waals surface area contributed by atoms with E-state index in [1.807, 2.05) is 52.0 Å². The number of nitrogens with zero attached hydrogens (tertiary/aromatic N) is 5. The van der Waals surface area contributed by atoms with Gasteiger partial charge in [-0.1, -0.05) is 23.3 Å². The highest BCUT2D eigenvalue weighted by Gasteiger charge is 2.36. The summed E-state index contributed by atoms with van der Waals surface area (Å²) >= 11 is 1.43. The molecule has 4 aliphatic rings. The van der Waals surface area contributed by atoms with Crippen molar-refractivity contribution in [1.82, 2.24) is 20.1 Å². The smallest absolute Gasteiger partial charge is 0.307 e. The van der Waals surface area contributed by atoms with Gasteiger partial charge in [0, 0.05) is 54.5 Å². The number of aromatic nitrogens is 1. The second-order valence-corrected chi connectivity index (χ2v) is 20.0. The second kappa shape index (κ2) is 26.8. The molecule has 7 rings (SSSR count). The molecule has 0 saturated carbocycles. The fourth-order valence-electron chi connectivity index (χ4n) is 8.67. The van der Waals surface area contributed by atoms with Crippen LogP contribution >= 0.6 is 11.8 Å². The van der Waals surface area contributed by atoms with E-state index in [2.05, 4.69) is 15.0 Å². The van der Waals surface area contributed by atoms with Crippen molar-refractivity contribution in [3.63, 3.8) is 0 Å². The zero-order chi connectivity index (χ0) is 52.6. The summed E-state index contributed by atoms with van der Waals surface area (Å²) in [4.78, 5) is 81.9. The third kappa shape index (κ3) is 14.5. The number of carbonyl (C=O) groups excluding carboxylic acids is 5. The molecule has 3 amide bonds. The van der Waals surface area contributed by atoms with Crippen LogP contribution in [-0.2, 0) is 57.8 Å². The summed E-state index contributed by atoms with van der Waals surface area (Å²) in [6.07, 6.45) is 9.86. The number of amides is 3. The van der Waals surface area contributed by atoms with Crippen molar-refractivity contribution in [2.24, 2.45) is 9.98 Å². The lowest BCUT2D eigenvalue weighted by Crippen LogP contribution is -2.35. The predicted octanol–water partition coefficient (Wildman–Crippen LogP) is 6.01. The number of allylic oxidation sites excluding steroid dienone is 2. The van der Waals surface area contributed by atoms with Crippen LogP contribution in [-0.4, -0.2) is 160 Å². The van der Waals surface area contributed by atoms with Gasteiger partial charge in [-0.05, 0) is 70.4 Å². The molecule has 74 heavy (non-hydrogen) atoms. The largest absolute Gasteiger partial charge is 0.487 e.